The molecule has 1 amide bonds. The molecule has 23 heavy (non-hydrogen) atoms. The van der Waals surface area contributed by atoms with E-state index in [-0.39, 0.29) is 16.9 Å². The number of rotatable bonds is 4. The first kappa shape index (κ1) is 15.0. The van der Waals surface area contributed by atoms with E-state index in [1.165, 1.54) is 22.7 Å². The molecule has 0 unspecified atom stereocenters. The minimum Gasteiger partial charge on any atom is -0.434 e. The zero-order chi connectivity index (χ0) is 16.4. The Balaban J connectivity index is 1.98. The second-order valence-electron chi connectivity index (χ2n) is 4.46. The number of hydrogen-bond acceptors (Lipinski definition) is 4. The average Bonchev–Trinajstić information content (AvgIpc) is 2.98. The first-order valence-electron chi connectivity index (χ1n) is 6.48. The van der Waals surface area contributed by atoms with Crippen molar-refractivity contribution in [3.8, 4) is 11.6 Å². The summed E-state index contributed by atoms with van der Waals surface area (Å²) >= 11 is 5.82. The van der Waals surface area contributed by atoms with Gasteiger partial charge in [-0.2, -0.15) is 4.98 Å². The molecular formula is C15H10ClFN4O2. The van der Waals surface area contributed by atoms with Gasteiger partial charge in [-0.3, -0.25) is 4.79 Å². The van der Waals surface area contributed by atoms with Crippen LogP contribution in [0.5, 0.6) is 11.6 Å². The molecule has 2 aromatic heterocycles. The van der Waals surface area contributed by atoms with Gasteiger partial charge in [0.2, 0.25) is 17.1 Å². The van der Waals surface area contributed by atoms with Gasteiger partial charge in [0.05, 0.1) is 0 Å². The van der Waals surface area contributed by atoms with Crippen LogP contribution in [-0.4, -0.2) is 20.5 Å². The van der Waals surface area contributed by atoms with Crippen molar-refractivity contribution in [3.63, 3.8) is 0 Å². The fourth-order valence-electron chi connectivity index (χ4n) is 1.91. The molecule has 2 heterocycles. The Hall–Kier alpha value is -2.93. The van der Waals surface area contributed by atoms with E-state index in [0.717, 1.165) is 6.08 Å². The van der Waals surface area contributed by atoms with Crippen molar-refractivity contribution in [1.29, 1.82) is 0 Å². The van der Waals surface area contributed by atoms with E-state index < -0.39 is 11.7 Å². The summed E-state index contributed by atoms with van der Waals surface area (Å²) in [7, 11) is 0. The van der Waals surface area contributed by atoms with E-state index in [2.05, 4.69) is 22.0 Å². The predicted molar refractivity (Wildman–Crippen MR) is 83.3 cm³/mol. The molecule has 0 atom stereocenters. The van der Waals surface area contributed by atoms with Gasteiger partial charge in [0.15, 0.2) is 11.6 Å². The van der Waals surface area contributed by atoms with Crippen LogP contribution in [0.3, 0.4) is 0 Å². The van der Waals surface area contributed by atoms with Crippen molar-refractivity contribution < 1.29 is 13.9 Å². The summed E-state index contributed by atoms with van der Waals surface area (Å²) in [5.41, 5.74) is 0.882. The molecule has 116 valence electrons. The Morgan fingerprint density at radius 3 is 3.04 bits per heavy atom. The van der Waals surface area contributed by atoms with Gasteiger partial charge >= 0.3 is 0 Å². The van der Waals surface area contributed by atoms with E-state index >= 15 is 0 Å². The molecule has 8 heteroatoms. The number of carbonyl (C=O) groups excluding carboxylic acids is 1. The van der Waals surface area contributed by atoms with Crippen LogP contribution >= 0.6 is 11.6 Å². The summed E-state index contributed by atoms with van der Waals surface area (Å²) in [6, 6.07) is 7.35. The van der Waals surface area contributed by atoms with Gasteiger partial charge in [-0.05, 0) is 41.9 Å². The van der Waals surface area contributed by atoms with Crippen LogP contribution in [0, 0.1) is 5.82 Å². The number of nitrogens with one attached hydrogen (secondary N) is 1. The first-order valence-corrected chi connectivity index (χ1v) is 6.86. The van der Waals surface area contributed by atoms with E-state index in [9.17, 15) is 9.18 Å². The lowest BCUT2D eigenvalue weighted by molar-refractivity contribution is -0.111. The van der Waals surface area contributed by atoms with Crippen molar-refractivity contribution in [2.75, 3.05) is 5.32 Å². The maximum atomic E-state index is 14.0. The van der Waals surface area contributed by atoms with Crippen LogP contribution in [0.2, 0.25) is 5.28 Å². The zero-order valence-corrected chi connectivity index (χ0v) is 12.4. The molecular weight excluding hydrogens is 323 g/mol. The van der Waals surface area contributed by atoms with Gasteiger partial charge < -0.3 is 10.1 Å². The van der Waals surface area contributed by atoms with Crippen molar-refractivity contribution in [2.45, 2.75) is 0 Å². The van der Waals surface area contributed by atoms with Gasteiger partial charge in [0.25, 0.3) is 0 Å². The number of benzene rings is 1. The number of hydrogen-bond donors (Lipinski definition) is 1. The smallest absolute Gasteiger partial charge is 0.248 e. The maximum Gasteiger partial charge on any atom is 0.248 e. The minimum atomic E-state index is -0.610. The molecule has 0 fully saturated rings. The van der Waals surface area contributed by atoms with Crippen LogP contribution in [-0.2, 0) is 4.79 Å². The minimum absolute atomic E-state index is 0.0415. The summed E-state index contributed by atoms with van der Waals surface area (Å²) < 4.78 is 20.9. The third-order valence-corrected chi connectivity index (χ3v) is 3.08. The van der Waals surface area contributed by atoms with E-state index in [1.807, 2.05) is 0 Å². The van der Waals surface area contributed by atoms with Crippen LogP contribution in [0.4, 0.5) is 10.1 Å². The summed E-state index contributed by atoms with van der Waals surface area (Å²) in [6.45, 7) is 3.35. The zero-order valence-electron chi connectivity index (χ0n) is 11.7. The van der Waals surface area contributed by atoms with Crippen molar-refractivity contribution in [3.05, 3.63) is 60.3 Å². The Labute approximate surface area is 135 Å². The number of halogens is 2. The van der Waals surface area contributed by atoms with Crippen molar-refractivity contribution in [1.82, 2.24) is 14.6 Å². The molecule has 0 aliphatic heterocycles. The lowest BCUT2D eigenvalue weighted by atomic mass is 10.3. The van der Waals surface area contributed by atoms with Crippen LogP contribution in [0.1, 0.15) is 0 Å². The van der Waals surface area contributed by atoms with Crippen LogP contribution in [0.15, 0.2) is 49.2 Å². The Kier molecular flexibility index (Phi) is 3.94. The summed E-state index contributed by atoms with van der Waals surface area (Å²) in [5, 5.41) is 6.44. The number of carbonyl (C=O) groups is 1. The van der Waals surface area contributed by atoms with E-state index in [1.54, 1.807) is 18.3 Å². The highest BCUT2D eigenvalue weighted by Crippen LogP contribution is 2.29. The third-order valence-electron chi connectivity index (χ3n) is 2.92. The van der Waals surface area contributed by atoms with Crippen molar-refractivity contribution >= 4 is 28.7 Å². The summed E-state index contributed by atoms with van der Waals surface area (Å²) in [4.78, 5) is 15.3. The second kappa shape index (κ2) is 6.05. The molecule has 3 rings (SSSR count). The fraction of sp³-hybridized carbons (Fsp3) is 0. The Morgan fingerprint density at radius 1 is 1.43 bits per heavy atom. The van der Waals surface area contributed by atoms with E-state index in [4.69, 9.17) is 16.3 Å². The lowest BCUT2D eigenvalue weighted by Crippen LogP contribution is -2.07. The highest BCUT2D eigenvalue weighted by molar-refractivity contribution is 6.28. The topological polar surface area (TPSA) is 68.5 Å². The monoisotopic (exact) mass is 332 g/mol. The average molecular weight is 333 g/mol. The SMILES string of the molecule is C=CC(=O)Nc1ccc(F)c(Oc2nc(Cl)nn3cccc23)c1. The van der Waals surface area contributed by atoms with Gasteiger partial charge in [-0.15, -0.1) is 5.10 Å². The fourth-order valence-corrected chi connectivity index (χ4v) is 2.07. The second-order valence-corrected chi connectivity index (χ2v) is 4.80. The lowest BCUT2D eigenvalue weighted by Gasteiger charge is -2.09. The molecule has 0 spiro atoms. The third kappa shape index (κ3) is 3.14. The predicted octanol–water partition coefficient (Wildman–Crippen LogP) is 3.44. The molecule has 0 aliphatic rings. The van der Waals surface area contributed by atoms with Crippen LogP contribution in [0.25, 0.3) is 5.52 Å². The number of anilines is 1. The number of nitrogens with zero attached hydrogens (tertiary/aromatic N) is 3. The molecule has 0 saturated heterocycles. The normalized spacial score (nSPS) is 10.5. The molecule has 0 saturated carbocycles. The van der Waals surface area contributed by atoms with Crippen LogP contribution < -0.4 is 10.1 Å². The molecule has 0 radical (unpaired) electrons. The van der Waals surface area contributed by atoms with Gasteiger partial charge in [-0.1, -0.05) is 6.58 Å². The standard InChI is InChI=1S/C15H10ClFN4O2/c1-2-13(22)18-9-5-6-10(17)12(8-9)23-14-11-4-3-7-21(11)20-15(16)19-14/h2-8H,1H2,(H,18,22). The maximum absolute atomic E-state index is 14.0. The van der Waals surface area contributed by atoms with Gasteiger partial charge in [0.1, 0.15) is 5.52 Å². The highest BCUT2D eigenvalue weighted by Gasteiger charge is 2.13. The summed E-state index contributed by atoms with van der Waals surface area (Å²) in [6.07, 6.45) is 2.77. The molecule has 0 bridgehead atoms. The largest absolute Gasteiger partial charge is 0.434 e. The Morgan fingerprint density at radius 2 is 2.26 bits per heavy atom. The number of fused-ring (bicyclic) bond motifs is 1. The molecule has 0 aliphatic carbocycles. The Bertz CT molecular complexity index is 910. The molecule has 6 nitrogen and oxygen atoms in total. The van der Waals surface area contributed by atoms with Crippen molar-refractivity contribution in [2.24, 2.45) is 0 Å². The van der Waals surface area contributed by atoms with Gasteiger partial charge in [-0.25, -0.2) is 8.91 Å². The van der Waals surface area contributed by atoms with Gasteiger partial charge in [0, 0.05) is 18.0 Å². The highest BCUT2D eigenvalue weighted by atomic mass is 35.5. The number of aromatic nitrogens is 3. The molecule has 1 aromatic carbocycles. The molecule has 3 aromatic rings. The van der Waals surface area contributed by atoms with E-state index in [0.29, 0.717) is 11.2 Å². The summed E-state index contributed by atoms with van der Waals surface area (Å²) in [5.74, 6) is -1.03. The number of amides is 1. The number of ether oxygens (including phenoxy) is 1. The molecule has 1 N–H and O–H groups in total. The quantitative estimate of drug-likeness (QED) is 0.743. The first-order chi connectivity index (χ1) is 11.1.